The van der Waals surface area contributed by atoms with Crippen LogP contribution in [0.3, 0.4) is 0 Å². The molecule has 4 atom stereocenters. The molecule has 1 amide bonds. The van der Waals surface area contributed by atoms with Crippen LogP contribution in [-0.4, -0.2) is 11.7 Å². The minimum atomic E-state index is -1.18. The first kappa shape index (κ1) is 20.6. The standard InChI is InChI=1S/C30H24N2O2/c33-28(22-16-8-3-9-17-22)26-25(20-12-4-1-5-13-20)27(21-14-6-2-7-15-21)32-30(26)23-18-10-11-19-24(23)31-29(30)34/h1-19,25-27,32H,(H,31,34)/t25-,26+,27+,30-/m1/s1. The highest BCUT2D eigenvalue weighted by Crippen LogP contribution is 2.57. The second-order valence-electron chi connectivity index (χ2n) is 8.98. The number of rotatable bonds is 4. The monoisotopic (exact) mass is 444 g/mol. The molecule has 2 aliphatic heterocycles. The molecule has 2 N–H and O–H groups in total. The number of anilines is 1. The molecule has 0 unspecified atom stereocenters. The molecule has 0 aliphatic carbocycles. The lowest BCUT2D eigenvalue weighted by atomic mass is 9.69. The molecule has 6 rings (SSSR count). The van der Waals surface area contributed by atoms with Gasteiger partial charge < -0.3 is 5.32 Å². The molecule has 0 saturated carbocycles. The molecular weight excluding hydrogens is 420 g/mol. The molecule has 1 saturated heterocycles. The molecule has 0 aromatic heterocycles. The van der Waals surface area contributed by atoms with Crippen molar-refractivity contribution in [3.8, 4) is 0 Å². The molecule has 2 heterocycles. The summed E-state index contributed by atoms with van der Waals surface area (Å²) < 4.78 is 0. The Labute approximate surface area is 198 Å². The van der Waals surface area contributed by atoms with Crippen molar-refractivity contribution in [3.63, 3.8) is 0 Å². The van der Waals surface area contributed by atoms with Crippen LogP contribution in [0.1, 0.15) is 39.0 Å². The molecule has 4 aromatic carbocycles. The van der Waals surface area contributed by atoms with Crippen LogP contribution in [0.2, 0.25) is 0 Å². The fraction of sp³-hybridized carbons (Fsp3) is 0.133. The van der Waals surface area contributed by atoms with E-state index in [0.717, 1.165) is 22.4 Å². The van der Waals surface area contributed by atoms with Gasteiger partial charge in [0.25, 0.3) is 0 Å². The second-order valence-corrected chi connectivity index (χ2v) is 8.98. The summed E-state index contributed by atoms with van der Waals surface area (Å²) in [6, 6.07) is 37.0. The Kier molecular flexibility index (Phi) is 4.89. The maximum absolute atomic E-state index is 14.3. The molecule has 34 heavy (non-hydrogen) atoms. The number of nitrogens with one attached hydrogen (secondary N) is 2. The SMILES string of the molecule is O=C(c1ccccc1)[C@@H]1[C@@H](c2ccccc2)[C@H](c2ccccc2)N[C@@]12C(=O)Nc1ccccc12. The van der Waals surface area contributed by atoms with E-state index < -0.39 is 11.5 Å². The quantitative estimate of drug-likeness (QED) is 0.411. The van der Waals surface area contributed by atoms with Crippen molar-refractivity contribution < 1.29 is 9.59 Å². The smallest absolute Gasteiger partial charge is 0.250 e. The van der Waals surface area contributed by atoms with Crippen LogP contribution in [0.4, 0.5) is 5.69 Å². The predicted octanol–water partition coefficient (Wildman–Crippen LogP) is 5.46. The van der Waals surface area contributed by atoms with Gasteiger partial charge in [-0.05, 0) is 17.2 Å². The van der Waals surface area contributed by atoms with E-state index in [2.05, 4.69) is 34.9 Å². The number of hydrogen-bond donors (Lipinski definition) is 2. The van der Waals surface area contributed by atoms with Crippen LogP contribution in [0.5, 0.6) is 0 Å². The zero-order valence-electron chi connectivity index (χ0n) is 18.5. The third-order valence-corrected chi connectivity index (χ3v) is 7.21. The van der Waals surface area contributed by atoms with E-state index in [1.54, 1.807) is 0 Å². The Hall–Kier alpha value is -4.02. The third kappa shape index (κ3) is 3.03. The van der Waals surface area contributed by atoms with Crippen LogP contribution >= 0.6 is 0 Å². The summed E-state index contributed by atoms with van der Waals surface area (Å²) in [5.74, 6) is -1.09. The molecule has 1 fully saturated rings. The number of amides is 1. The molecule has 0 radical (unpaired) electrons. The van der Waals surface area contributed by atoms with Gasteiger partial charge in [0.15, 0.2) is 5.78 Å². The molecular formula is C30H24N2O2. The van der Waals surface area contributed by atoms with Crippen LogP contribution in [0, 0.1) is 5.92 Å². The largest absolute Gasteiger partial charge is 0.324 e. The molecule has 4 heteroatoms. The van der Waals surface area contributed by atoms with E-state index in [-0.39, 0.29) is 23.7 Å². The zero-order chi connectivity index (χ0) is 23.1. The maximum Gasteiger partial charge on any atom is 0.250 e. The lowest BCUT2D eigenvalue weighted by Crippen LogP contribution is -2.50. The van der Waals surface area contributed by atoms with Crippen molar-refractivity contribution in [2.75, 3.05) is 5.32 Å². The van der Waals surface area contributed by atoms with E-state index >= 15 is 0 Å². The van der Waals surface area contributed by atoms with Crippen molar-refractivity contribution in [1.82, 2.24) is 5.32 Å². The Morgan fingerprint density at radius 3 is 1.91 bits per heavy atom. The number of ketones is 1. The highest BCUT2D eigenvalue weighted by atomic mass is 16.2. The van der Waals surface area contributed by atoms with Crippen LogP contribution in [0.15, 0.2) is 115 Å². The van der Waals surface area contributed by atoms with Crippen LogP contribution in [0.25, 0.3) is 0 Å². The van der Waals surface area contributed by atoms with E-state index in [0.29, 0.717) is 5.56 Å². The summed E-state index contributed by atoms with van der Waals surface area (Å²) in [7, 11) is 0. The molecule has 4 nitrogen and oxygen atoms in total. The molecule has 2 aliphatic rings. The number of fused-ring (bicyclic) bond motifs is 2. The van der Waals surface area contributed by atoms with Gasteiger partial charge in [-0.3, -0.25) is 14.9 Å². The van der Waals surface area contributed by atoms with E-state index in [1.807, 2.05) is 91.0 Å². The first-order chi connectivity index (χ1) is 16.7. The van der Waals surface area contributed by atoms with Crippen molar-refractivity contribution in [2.24, 2.45) is 5.92 Å². The van der Waals surface area contributed by atoms with Crippen LogP contribution < -0.4 is 10.6 Å². The zero-order valence-corrected chi connectivity index (χ0v) is 18.5. The van der Waals surface area contributed by atoms with Gasteiger partial charge in [-0.25, -0.2) is 0 Å². The normalized spacial score (nSPS) is 25.2. The van der Waals surface area contributed by atoms with Gasteiger partial charge in [0.2, 0.25) is 5.91 Å². The van der Waals surface area contributed by atoms with Gasteiger partial charge >= 0.3 is 0 Å². The lowest BCUT2D eigenvalue weighted by Gasteiger charge is -2.31. The minimum absolute atomic E-state index is 0.0350. The topological polar surface area (TPSA) is 58.2 Å². The molecule has 1 spiro atoms. The Balaban J connectivity index is 1.63. The number of Topliss-reactive ketones (excluding diaryl/α,β-unsaturated/α-hetero) is 1. The fourth-order valence-electron chi connectivity index (χ4n) is 5.77. The van der Waals surface area contributed by atoms with E-state index in [1.165, 1.54) is 0 Å². The number of carbonyl (C=O) groups is 2. The van der Waals surface area contributed by atoms with Gasteiger partial charge in [-0.15, -0.1) is 0 Å². The summed E-state index contributed by atoms with van der Waals surface area (Å²) in [6.07, 6.45) is 0. The summed E-state index contributed by atoms with van der Waals surface area (Å²) in [5.41, 5.74) is 3.11. The Morgan fingerprint density at radius 2 is 1.24 bits per heavy atom. The predicted molar refractivity (Wildman–Crippen MR) is 133 cm³/mol. The van der Waals surface area contributed by atoms with Gasteiger partial charge in [-0.2, -0.15) is 0 Å². The number of carbonyl (C=O) groups excluding carboxylic acids is 2. The third-order valence-electron chi connectivity index (χ3n) is 7.21. The molecule has 166 valence electrons. The van der Waals surface area contributed by atoms with Crippen molar-refractivity contribution in [1.29, 1.82) is 0 Å². The summed E-state index contributed by atoms with van der Waals surface area (Å²) >= 11 is 0. The maximum atomic E-state index is 14.3. The van der Waals surface area contributed by atoms with E-state index in [9.17, 15) is 9.59 Å². The van der Waals surface area contributed by atoms with Gasteiger partial charge in [-0.1, -0.05) is 109 Å². The molecule has 0 bridgehead atoms. The minimum Gasteiger partial charge on any atom is -0.324 e. The van der Waals surface area contributed by atoms with Crippen molar-refractivity contribution >= 4 is 17.4 Å². The average molecular weight is 445 g/mol. The summed E-state index contributed by atoms with van der Waals surface area (Å²) in [5, 5.41) is 6.76. The number of benzene rings is 4. The second kappa shape index (κ2) is 8.08. The molecule has 4 aromatic rings. The highest BCUT2D eigenvalue weighted by molar-refractivity contribution is 6.12. The van der Waals surface area contributed by atoms with Gasteiger partial charge in [0.05, 0.1) is 5.92 Å². The van der Waals surface area contributed by atoms with E-state index in [4.69, 9.17) is 0 Å². The number of hydrogen-bond acceptors (Lipinski definition) is 3. The average Bonchev–Trinajstić information content (AvgIpc) is 3.41. The van der Waals surface area contributed by atoms with Crippen LogP contribution in [-0.2, 0) is 10.3 Å². The first-order valence-corrected chi connectivity index (χ1v) is 11.6. The van der Waals surface area contributed by atoms with Gasteiger partial charge in [0.1, 0.15) is 5.54 Å². The van der Waals surface area contributed by atoms with Crippen molar-refractivity contribution in [3.05, 3.63) is 138 Å². The highest BCUT2D eigenvalue weighted by Gasteiger charge is 2.64. The van der Waals surface area contributed by atoms with Gasteiger partial charge in [0, 0.05) is 28.8 Å². The summed E-state index contributed by atoms with van der Waals surface area (Å²) in [6.45, 7) is 0. The first-order valence-electron chi connectivity index (χ1n) is 11.6. The van der Waals surface area contributed by atoms with Crippen molar-refractivity contribution in [2.45, 2.75) is 17.5 Å². The number of para-hydroxylation sites is 1. The lowest BCUT2D eigenvalue weighted by molar-refractivity contribution is -0.122. The summed E-state index contributed by atoms with van der Waals surface area (Å²) in [4.78, 5) is 28.1. The Morgan fingerprint density at radius 1 is 0.676 bits per heavy atom. The fourth-order valence-corrected chi connectivity index (χ4v) is 5.77. The Bertz CT molecular complexity index is 1350.